The van der Waals surface area contributed by atoms with Crippen LogP contribution in [-0.2, 0) is 11.2 Å². The third-order valence-electron chi connectivity index (χ3n) is 6.93. The number of aromatic nitrogens is 4. The van der Waals surface area contributed by atoms with Crippen molar-refractivity contribution in [2.45, 2.75) is 40.0 Å². The number of rotatable bonds is 10. The predicted octanol–water partition coefficient (Wildman–Crippen LogP) is 4.74. The number of unbranched alkanes of at least 4 members (excludes halogenated alkanes) is 1. The molecule has 1 amide bonds. The highest BCUT2D eigenvalue weighted by molar-refractivity contribution is 5.94. The Morgan fingerprint density at radius 1 is 1.08 bits per heavy atom. The molecule has 3 heterocycles. The molecular formula is C29H36N6O3. The van der Waals surface area contributed by atoms with Crippen molar-refractivity contribution >= 4 is 22.5 Å². The molecule has 1 aliphatic rings. The van der Waals surface area contributed by atoms with E-state index in [1.807, 2.05) is 35.9 Å². The van der Waals surface area contributed by atoms with E-state index < -0.39 is 0 Å². The Kier molecular flexibility index (Phi) is 7.93. The minimum absolute atomic E-state index is 0.241. The number of carbonyl (C=O) groups is 1. The number of carbonyl (C=O) groups excluding carboxylic acids is 1. The van der Waals surface area contributed by atoms with E-state index in [9.17, 15) is 4.79 Å². The highest BCUT2D eigenvalue weighted by Crippen LogP contribution is 2.36. The third-order valence-corrected chi connectivity index (χ3v) is 6.93. The Bertz CT molecular complexity index is 1390. The minimum Gasteiger partial charge on any atom is -0.493 e. The smallest absolute Gasteiger partial charge is 0.289 e. The van der Waals surface area contributed by atoms with Crippen LogP contribution in [-0.4, -0.2) is 65.1 Å². The lowest BCUT2D eigenvalue weighted by Crippen LogP contribution is -2.36. The van der Waals surface area contributed by atoms with Gasteiger partial charge >= 0.3 is 0 Å². The van der Waals surface area contributed by atoms with E-state index >= 15 is 0 Å². The summed E-state index contributed by atoms with van der Waals surface area (Å²) in [5.41, 5.74) is 4.97. The summed E-state index contributed by atoms with van der Waals surface area (Å²) in [6, 6.07) is 12.3. The molecule has 4 aromatic rings. The molecule has 9 heteroatoms. The number of morpholine rings is 1. The van der Waals surface area contributed by atoms with Gasteiger partial charge in [-0.05, 0) is 55.7 Å². The van der Waals surface area contributed by atoms with Gasteiger partial charge in [-0.1, -0.05) is 20.3 Å². The first-order valence-corrected chi connectivity index (χ1v) is 13.6. The molecule has 1 fully saturated rings. The first-order chi connectivity index (χ1) is 18.6. The molecule has 5 rings (SSSR count). The summed E-state index contributed by atoms with van der Waals surface area (Å²) in [5, 5.41) is 12.9. The molecule has 2 aromatic carbocycles. The summed E-state index contributed by atoms with van der Waals surface area (Å²) in [4.78, 5) is 18.7. The molecule has 0 unspecified atom stereocenters. The number of aryl methyl sites for hydroxylation is 1. The zero-order valence-corrected chi connectivity index (χ0v) is 22.4. The van der Waals surface area contributed by atoms with Crippen LogP contribution < -0.4 is 15.0 Å². The second-order valence-electron chi connectivity index (χ2n) is 9.42. The van der Waals surface area contributed by atoms with Crippen LogP contribution in [0.25, 0.3) is 28.0 Å². The first-order valence-electron chi connectivity index (χ1n) is 13.6. The first kappa shape index (κ1) is 25.8. The van der Waals surface area contributed by atoms with Crippen molar-refractivity contribution < 1.29 is 14.3 Å². The maximum atomic E-state index is 13.1. The highest BCUT2D eigenvalue weighted by atomic mass is 16.5. The molecule has 0 bridgehead atoms. The van der Waals surface area contributed by atoms with Gasteiger partial charge in [0.25, 0.3) is 5.91 Å². The molecular weight excluding hydrogens is 480 g/mol. The molecule has 2 aromatic heterocycles. The lowest BCUT2D eigenvalue weighted by Gasteiger charge is -2.29. The zero-order valence-electron chi connectivity index (χ0n) is 22.4. The Balaban J connectivity index is 1.64. The summed E-state index contributed by atoms with van der Waals surface area (Å²) in [5.74, 6) is 1.26. The van der Waals surface area contributed by atoms with Gasteiger partial charge in [0.1, 0.15) is 5.75 Å². The standard InChI is InChI=1S/C29H36N6O3/c1-4-7-14-38-26-18-25-23(20(5-2)19-31-25)17-24(26)27-32-33-28(29(36)30-6-3)35(27)22-10-8-21(9-11-22)34-12-15-37-16-13-34/h8-11,17-19,31H,4-7,12-16H2,1-3H3,(H,30,36). The van der Waals surface area contributed by atoms with Gasteiger partial charge in [-0.2, -0.15) is 0 Å². The number of ether oxygens (including phenoxy) is 2. The molecule has 0 aliphatic carbocycles. The van der Waals surface area contributed by atoms with Gasteiger partial charge in [-0.3, -0.25) is 9.36 Å². The van der Waals surface area contributed by atoms with Crippen molar-refractivity contribution in [2.75, 3.05) is 44.4 Å². The van der Waals surface area contributed by atoms with Crippen molar-refractivity contribution in [1.29, 1.82) is 0 Å². The lowest BCUT2D eigenvalue weighted by molar-refractivity contribution is 0.0943. The third kappa shape index (κ3) is 5.11. The van der Waals surface area contributed by atoms with E-state index in [0.29, 0.717) is 19.0 Å². The van der Waals surface area contributed by atoms with E-state index in [0.717, 1.165) is 79.2 Å². The Hall–Kier alpha value is -3.85. The number of anilines is 1. The van der Waals surface area contributed by atoms with E-state index in [2.05, 4.69) is 57.4 Å². The fourth-order valence-corrected chi connectivity index (χ4v) is 4.84. The van der Waals surface area contributed by atoms with Crippen molar-refractivity contribution in [3.8, 4) is 22.8 Å². The predicted molar refractivity (Wildman–Crippen MR) is 149 cm³/mol. The number of aromatic amines is 1. The van der Waals surface area contributed by atoms with Crippen LogP contribution in [0.4, 0.5) is 5.69 Å². The fourth-order valence-electron chi connectivity index (χ4n) is 4.84. The van der Waals surface area contributed by atoms with Crippen LogP contribution in [0.3, 0.4) is 0 Å². The summed E-state index contributed by atoms with van der Waals surface area (Å²) in [6.45, 7) is 10.4. The average Bonchev–Trinajstić information content (AvgIpc) is 3.57. The molecule has 200 valence electrons. The van der Waals surface area contributed by atoms with E-state index in [4.69, 9.17) is 9.47 Å². The number of hydrogen-bond donors (Lipinski definition) is 2. The summed E-state index contributed by atoms with van der Waals surface area (Å²) < 4.78 is 13.6. The van der Waals surface area contributed by atoms with Gasteiger partial charge < -0.3 is 24.7 Å². The van der Waals surface area contributed by atoms with Crippen LogP contribution in [0.2, 0.25) is 0 Å². The Labute approximate surface area is 223 Å². The van der Waals surface area contributed by atoms with Crippen LogP contribution in [0.1, 0.15) is 49.8 Å². The van der Waals surface area contributed by atoms with Crippen molar-refractivity contribution in [3.63, 3.8) is 0 Å². The number of H-pyrrole nitrogens is 1. The number of amides is 1. The number of fused-ring (bicyclic) bond motifs is 1. The van der Waals surface area contributed by atoms with Crippen LogP contribution >= 0.6 is 0 Å². The maximum absolute atomic E-state index is 13.1. The van der Waals surface area contributed by atoms with E-state index in [1.165, 1.54) is 5.56 Å². The van der Waals surface area contributed by atoms with Crippen molar-refractivity contribution in [2.24, 2.45) is 0 Å². The quantitative estimate of drug-likeness (QED) is 0.296. The van der Waals surface area contributed by atoms with Gasteiger partial charge in [-0.15, -0.1) is 10.2 Å². The second kappa shape index (κ2) is 11.7. The average molecular weight is 517 g/mol. The molecule has 0 atom stereocenters. The van der Waals surface area contributed by atoms with Crippen LogP contribution in [0, 0.1) is 0 Å². The van der Waals surface area contributed by atoms with E-state index in [-0.39, 0.29) is 11.7 Å². The van der Waals surface area contributed by atoms with Gasteiger partial charge in [-0.25, -0.2) is 0 Å². The molecule has 1 aliphatic heterocycles. The van der Waals surface area contributed by atoms with E-state index in [1.54, 1.807) is 0 Å². The van der Waals surface area contributed by atoms with Gasteiger partial charge in [0.05, 0.1) is 25.4 Å². The number of nitrogens with one attached hydrogen (secondary N) is 2. The summed E-state index contributed by atoms with van der Waals surface area (Å²) in [6.07, 6.45) is 4.92. The molecule has 0 spiro atoms. The monoisotopic (exact) mass is 516 g/mol. The molecule has 0 saturated carbocycles. The van der Waals surface area contributed by atoms with Crippen LogP contribution in [0.15, 0.2) is 42.6 Å². The molecule has 1 saturated heterocycles. The molecule has 38 heavy (non-hydrogen) atoms. The number of benzene rings is 2. The summed E-state index contributed by atoms with van der Waals surface area (Å²) in [7, 11) is 0. The Morgan fingerprint density at radius 3 is 2.55 bits per heavy atom. The topological polar surface area (TPSA) is 97.3 Å². The number of hydrogen-bond acceptors (Lipinski definition) is 6. The molecule has 2 N–H and O–H groups in total. The van der Waals surface area contributed by atoms with Gasteiger partial charge in [0.15, 0.2) is 5.82 Å². The SMILES string of the molecule is CCCCOc1cc2[nH]cc(CC)c2cc1-c1nnc(C(=O)NCC)n1-c1ccc(N2CCOCC2)cc1. The second-order valence-corrected chi connectivity index (χ2v) is 9.42. The molecule has 9 nitrogen and oxygen atoms in total. The normalized spacial score (nSPS) is 13.7. The lowest BCUT2D eigenvalue weighted by atomic mass is 10.1. The Morgan fingerprint density at radius 2 is 1.84 bits per heavy atom. The maximum Gasteiger partial charge on any atom is 0.289 e. The van der Waals surface area contributed by atoms with Crippen molar-refractivity contribution in [3.05, 3.63) is 54.0 Å². The van der Waals surface area contributed by atoms with Gasteiger partial charge in [0.2, 0.25) is 5.82 Å². The fraction of sp³-hybridized carbons (Fsp3) is 0.414. The highest BCUT2D eigenvalue weighted by Gasteiger charge is 2.24. The van der Waals surface area contributed by atoms with Crippen LogP contribution in [0.5, 0.6) is 5.75 Å². The largest absolute Gasteiger partial charge is 0.493 e. The zero-order chi connectivity index (χ0) is 26.5. The van der Waals surface area contributed by atoms with Crippen molar-refractivity contribution in [1.82, 2.24) is 25.1 Å². The summed E-state index contributed by atoms with van der Waals surface area (Å²) >= 11 is 0. The minimum atomic E-state index is -0.270. The van der Waals surface area contributed by atoms with Gasteiger partial charge in [0, 0.05) is 54.2 Å². The molecule has 0 radical (unpaired) electrons. The number of nitrogens with zero attached hydrogens (tertiary/aromatic N) is 4.